The van der Waals surface area contributed by atoms with Crippen molar-refractivity contribution in [2.45, 2.75) is 20.8 Å². The van der Waals surface area contributed by atoms with Crippen molar-refractivity contribution in [1.29, 1.82) is 0 Å². The summed E-state index contributed by atoms with van der Waals surface area (Å²) < 4.78 is 1.06. The van der Waals surface area contributed by atoms with Crippen molar-refractivity contribution in [3.63, 3.8) is 0 Å². The van der Waals surface area contributed by atoms with Crippen LogP contribution in [0.2, 0.25) is 0 Å². The molecular weight excluding hydrogens is 256 g/mol. The highest BCUT2D eigenvalue weighted by Crippen LogP contribution is 2.34. The molecule has 1 aromatic carbocycles. The molecule has 4 heteroatoms. The van der Waals surface area contributed by atoms with E-state index in [1.54, 1.807) is 4.90 Å². The van der Waals surface area contributed by atoms with Crippen molar-refractivity contribution < 1.29 is 4.79 Å². The molecule has 1 amide bonds. The van der Waals surface area contributed by atoms with E-state index in [2.05, 4.69) is 20.8 Å². The highest BCUT2D eigenvalue weighted by atomic mass is 32.1. The van der Waals surface area contributed by atoms with Gasteiger partial charge in [-0.1, -0.05) is 39.0 Å². The number of carbonyl (C=O) groups excluding carboxylic acids is 1. The van der Waals surface area contributed by atoms with Crippen LogP contribution >= 0.6 is 11.3 Å². The molecule has 2 rings (SSSR count). The van der Waals surface area contributed by atoms with Gasteiger partial charge in [0.2, 0.25) is 0 Å². The van der Waals surface area contributed by atoms with E-state index in [1.807, 2.05) is 31.3 Å². The van der Waals surface area contributed by atoms with E-state index in [1.165, 1.54) is 11.3 Å². The number of nitrogen functional groups attached to an aromatic ring is 1. The Bertz CT molecular complexity index is 610. The Morgan fingerprint density at radius 2 is 1.95 bits per heavy atom. The molecule has 2 aromatic rings. The SMILES string of the molecule is CN(CC(C)(C)C)C(=O)c1sc2ccccc2c1N. The molecule has 1 aromatic heterocycles. The molecule has 0 fully saturated rings. The minimum Gasteiger partial charge on any atom is -0.397 e. The van der Waals surface area contributed by atoms with Gasteiger partial charge in [0.1, 0.15) is 4.88 Å². The highest BCUT2D eigenvalue weighted by molar-refractivity contribution is 7.21. The lowest BCUT2D eigenvalue weighted by atomic mass is 9.96. The first-order chi connectivity index (χ1) is 8.79. The molecular formula is C15H20N2OS. The topological polar surface area (TPSA) is 46.3 Å². The Hall–Kier alpha value is -1.55. The van der Waals surface area contributed by atoms with Crippen LogP contribution in [0.4, 0.5) is 5.69 Å². The summed E-state index contributed by atoms with van der Waals surface area (Å²) in [7, 11) is 1.83. The van der Waals surface area contributed by atoms with Gasteiger partial charge in [-0.15, -0.1) is 11.3 Å². The third kappa shape index (κ3) is 2.89. The van der Waals surface area contributed by atoms with Gasteiger partial charge in [-0.3, -0.25) is 4.79 Å². The number of nitrogens with two attached hydrogens (primary N) is 1. The third-order valence-electron chi connectivity index (χ3n) is 2.89. The minimum atomic E-state index is 0.00799. The fourth-order valence-electron chi connectivity index (χ4n) is 2.18. The molecule has 0 saturated carbocycles. The molecule has 2 N–H and O–H groups in total. The van der Waals surface area contributed by atoms with Crippen molar-refractivity contribution in [3.8, 4) is 0 Å². The molecule has 3 nitrogen and oxygen atoms in total. The quantitative estimate of drug-likeness (QED) is 0.911. The number of hydrogen-bond donors (Lipinski definition) is 1. The van der Waals surface area contributed by atoms with Crippen molar-refractivity contribution in [1.82, 2.24) is 4.90 Å². The molecule has 0 atom stereocenters. The Balaban J connectivity index is 2.34. The van der Waals surface area contributed by atoms with Crippen LogP contribution in [0.1, 0.15) is 30.4 Å². The monoisotopic (exact) mass is 276 g/mol. The van der Waals surface area contributed by atoms with Crippen LogP contribution in [0.15, 0.2) is 24.3 Å². The number of benzene rings is 1. The first-order valence-corrected chi connectivity index (χ1v) is 7.14. The number of amides is 1. The van der Waals surface area contributed by atoms with Gasteiger partial charge in [0.25, 0.3) is 5.91 Å². The summed E-state index contributed by atoms with van der Waals surface area (Å²) in [6.07, 6.45) is 0. The van der Waals surface area contributed by atoms with Gasteiger partial charge in [-0.25, -0.2) is 0 Å². The Morgan fingerprint density at radius 1 is 1.32 bits per heavy atom. The number of thiophene rings is 1. The maximum atomic E-state index is 12.5. The van der Waals surface area contributed by atoms with Crippen LogP contribution in [0.5, 0.6) is 0 Å². The second-order valence-corrected chi connectivity index (χ2v) is 7.12. The second-order valence-electron chi connectivity index (χ2n) is 6.06. The van der Waals surface area contributed by atoms with Gasteiger partial charge < -0.3 is 10.6 Å². The summed E-state index contributed by atoms with van der Waals surface area (Å²) in [5, 5.41) is 0.972. The summed E-state index contributed by atoms with van der Waals surface area (Å²) in [5.41, 5.74) is 6.79. The molecule has 0 aliphatic carbocycles. The van der Waals surface area contributed by atoms with Gasteiger partial charge >= 0.3 is 0 Å². The fraction of sp³-hybridized carbons (Fsp3) is 0.400. The minimum absolute atomic E-state index is 0.00799. The van der Waals surface area contributed by atoms with Crippen molar-refractivity contribution in [3.05, 3.63) is 29.1 Å². The second kappa shape index (κ2) is 4.85. The van der Waals surface area contributed by atoms with E-state index in [4.69, 9.17) is 5.73 Å². The first-order valence-electron chi connectivity index (χ1n) is 6.32. The van der Waals surface area contributed by atoms with Gasteiger partial charge in [0, 0.05) is 23.7 Å². The predicted octanol–water partition coefficient (Wildman–Crippen LogP) is 3.60. The Labute approximate surface area is 118 Å². The van der Waals surface area contributed by atoms with Crippen molar-refractivity contribution in [2.75, 3.05) is 19.3 Å². The molecule has 19 heavy (non-hydrogen) atoms. The largest absolute Gasteiger partial charge is 0.397 e. The van der Waals surface area contributed by atoms with Crippen LogP contribution in [0.25, 0.3) is 10.1 Å². The van der Waals surface area contributed by atoms with E-state index in [-0.39, 0.29) is 11.3 Å². The third-order valence-corrected chi connectivity index (χ3v) is 4.06. The summed E-state index contributed by atoms with van der Waals surface area (Å²) in [6, 6.07) is 7.86. The Kier molecular flexibility index (Phi) is 3.54. The lowest BCUT2D eigenvalue weighted by Crippen LogP contribution is -2.34. The van der Waals surface area contributed by atoms with E-state index in [9.17, 15) is 4.79 Å². The van der Waals surface area contributed by atoms with Crippen molar-refractivity contribution >= 4 is 33.0 Å². The highest BCUT2D eigenvalue weighted by Gasteiger charge is 2.22. The molecule has 0 aliphatic heterocycles. The van der Waals surface area contributed by atoms with E-state index < -0.39 is 0 Å². The number of rotatable bonds is 2. The standard InChI is InChI=1S/C15H20N2OS/c1-15(2,3)9-17(4)14(18)13-12(16)10-7-5-6-8-11(10)19-13/h5-8H,9,16H2,1-4H3. The molecule has 0 unspecified atom stereocenters. The predicted molar refractivity (Wildman–Crippen MR) is 82.7 cm³/mol. The average molecular weight is 276 g/mol. The van der Waals surface area contributed by atoms with Crippen LogP contribution in [-0.2, 0) is 0 Å². The van der Waals surface area contributed by atoms with Crippen molar-refractivity contribution in [2.24, 2.45) is 5.41 Å². The maximum Gasteiger partial charge on any atom is 0.265 e. The molecule has 0 spiro atoms. The van der Waals surface area contributed by atoms with Gasteiger partial charge in [0.15, 0.2) is 0 Å². The molecule has 0 saturated heterocycles. The number of fused-ring (bicyclic) bond motifs is 1. The molecule has 0 radical (unpaired) electrons. The normalized spacial score (nSPS) is 11.8. The van der Waals surface area contributed by atoms with Gasteiger partial charge in [-0.2, -0.15) is 0 Å². The van der Waals surface area contributed by atoms with Crippen LogP contribution in [0.3, 0.4) is 0 Å². The number of anilines is 1. The summed E-state index contributed by atoms with van der Waals surface area (Å²) in [4.78, 5) is 14.9. The first kappa shape index (κ1) is 13.9. The summed E-state index contributed by atoms with van der Waals surface area (Å²) in [6.45, 7) is 7.06. The zero-order valence-electron chi connectivity index (χ0n) is 11.9. The lowest BCUT2D eigenvalue weighted by Gasteiger charge is -2.26. The molecule has 1 heterocycles. The summed E-state index contributed by atoms with van der Waals surface area (Å²) in [5.74, 6) is 0.00799. The fourth-order valence-corrected chi connectivity index (χ4v) is 3.30. The molecule has 0 bridgehead atoms. The van der Waals surface area contributed by atoms with Gasteiger partial charge in [0.05, 0.1) is 5.69 Å². The van der Waals surface area contributed by atoms with Crippen LogP contribution in [-0.4, -0.2) is 24.4 Å². The zero-order valence-corrected chi connectivity index (χ0v) is 12.7. The average Bonchev–Trinajstić information content (AvgIpc) is 2.64. The van der Waals surface area contributed by atoms with E-state index >= 15 is 0 Å². The summed E-state index contributed by atoms with van der Waals surface area (Å²) >= 11 is 1.47. The zero-order chi connectivity index (χ0) is 14.2. The van der Waals surface area contributed by atoms with Crippen LogP contribution in [0, 0.1) is 5.41 Å². The molecule has 0 aliphatic rings. The maximum absolute atomic E-state index is 12.5. The van der Waals surface area contributed by atoms with Gasteiger partial charge in [-0.05, 0) is 11.5 Å². The van der Waals surface area contributed by atoms with E-state index in [0.717, 1.165) is 10.1 Å². The number of hydrogen-bond acceptors (Lipinski definition) is 3. The van der Waals surface area contributed by atoms with E-state index in [0.29, 0.717) is 17.1 Å². The Morgan fingerprint density at radius 3 is 2.53 bits per heavy atom. The molecule has 102 valence electrons. The van der Waals surface area contributed by atoms with Crippen LogP contribution < -0.4 is 5.73 Å². The number of carbonyl (C=O) groups is 1. The number of nitrogens with zero attached hydrogens (tertiary/aromatic N) is 1. The smallest absolute Gasteiger partial charge is 0.265 e. The lowest BCUT2D eigenvalue weighted by molar-refractivity contribution is 0.0751.